The fraction of sp³-hybridized carbons (Fsp3) is 0.677. The first-order chi connectivity index (χ1) is 52.6. The molecule has 3 aliphatic rings. The number of fused-ring (bicyclic) bond motifs is 37. The summed E-state index contributed by atoms with van der Waals surface area (Å²) < 4.78 is 0. The third kappa shape index (κ3) is 36.7. The Bertz CT molecular complexity index is 3490. The van der Waals surface area contributed by atoms with Crippen molar-refractivity contribution in [3.8, 4) is 0 Å². The number of aliphatic hydroxyl groups excluding tert-OH is 1. The van der Waals surface area contributed by atoms with Gasteiger partial charge in [-0.2, -0.15) is 0 Å². The normalized spacial score (nSPS) is 24.5. The zero-order chi connectivity index (χ0) is 86.0. The van der Waals surface area contributed by atoms with Gasteiger partial charge in [0.1, 0.15) is 84.6 Å². The molecule has 48 heteroatoms. The molecule has 3 fully saturated rings. The first-order valence-corrected chi connectivity index (χ1v) is 40.5. The third-order valence-corrected chi connectivity index (χ3v) is 21.3. The fourth-order valence-electron chi connectivity index (χ4n) is 10.4. The van der Waals surface area contributed by atoms with Gasteiger partial charge >= 0.3 is 23.9 Å². The van der Waals surface area contributed by atoms with Gasteiger partial charge in [-0.15, -0.1) is 0 Å². The van der Waals surface area contributed by atoms with Crippen LogP contribution >= 0.6 is 43.2 Å². The van der Waals surface area contributed by atoms with Crippen LogP contribution < -0.4 is 97.0 Å². The molecule has 26 N–H and O–H groups in total. The Morgan fingerprint density at radius 3 is 1.48 bits per heavy atom. The molecule has 0 radical (unpaired) electrons. The number of carboxylic acids is 4. The van der Waals surface area contributed by atoms with Crippen LogP contribution in [0, 0.1) is 23.7 Å². The predicted octanol–water partition coefficient (Wildman–Crippen LogP) is -8.15. The van der Waals surface area contributed by atoms with E-state index in [9.17, 15) is 126 Å². The molecule has 0 unspecified atom stereocenters. The van der Waals surface area contributed by atoms with E-state index in [1.165, 1.54) is 27.7 Å². The van der Waals surface area contributed by atoms with E-state index in [0.29, 0.717) is 21.6 Å². The minimum absolute atomic E-state index is 0.111. The molecule has 2 bridgehead atoms. The van der Waals surface area contributed by atoms with Gasteiger partial charge in [0.25, 0.3) is 0 Å². The van der Waals surface area contributed by atoms with Crippen LogP contribution in [0.3, 0.4) is 0 Å². The first kappa shape index (κ1) is 99.3. The smallest absolute Gasteiger partial charge is 0.326 e. The van der Waals surface area contributed by atoms with E-state index >= 15 is 0 Å². The largest absolute Gasteiger partial charge is 0.481 e. The monoisotopic (exact) mass is 1680 g/mol. The molecule has 17 amide bonds. The van der Waals surface area contributed by atoms with Gasteiger partial charge in [0.2, 0.25) is 100 Å². The summed E-state index contributed by atoms with van der Waals surface area (Å²) in [6.45, 7) is 13.3. The van der Waals surface area contributed by atoms with Crippen LogP contribution in [-0.2, 0) is 101 Å². The number of carboxylic acid groups (broad SMARTS) is 4. The van der Waals surface area contributed by atoms with E-state index in [2.05, 4.69) is 74.4 Å². The summed E-state index contributed by atoms with van der Waals surface area (Å²) in [5.74, 6) is -32.5. The number of nitrogens with two attached hydrogens (primary N) is 3. The quantitative estimate of drug-likeness (QED) is 0.0256. The molecule has 0 saturated carbocycles. The van der Waals surface area contributed by atoms with Crippen molar-refractivity contribution < 1.29 is 126 Å². The first-order valence-electron chi connectivity index (χ1n) is 35.5. The van der Waals surface area contributed by atoms with Crippen LogP contribution in [0.25, 0.3) is 0 Å². The lowest BCUT2D eigenvalue weighted by Gasteiger charge is -2.29. The van der Waals surface area contributed by atoms with Crippen LogP contribution in [0.1, 0.15) is 127 Å². The molecule has 0 aliphatic carbocycles. The lowest BCUT2D eigenvalue weighted by molar-refractivity contribution is -0.143. The average molecular weight is 1680 g/mol. The zero-order valence-corrected chi connectivity index (χ0v) is 66.9. The van der Waals surface area contributed by atoms with Gasteiger partial charge in [0.15, 0.2) is 0 Å². The molecule has 0 aromatic rings. The summed E-state index contributed by atoms with van der Waals surface area (Å²) in [6, 6.07) is -27.7. The maximum absolute atomic E-state index is 14.9. The maximum Gasteiger partial charge on any atom is 0.326 e. The van der Waals surface area contributed by atoms with Crippen molar-refractivity contribution in [2.75, 3.05) is 29.6 Å². The van der Waals surface area contributed by atoms with Crippen molar-refractivity contribution in [2.45, 2.75) is 224 Å². The molecule has 3 heterocycles. The molecule has 3 aliphatic heterocycles. The second-order valence-electron chi connectivity index (χ2n) is 28.0. The van der Waals surface area contributed by atoms with Crippen molar-refractivity contribution in [1.82, 2.24) is 79.8 Å². The van der Waals surface area contributed by atoms with Gasteiger partial charge in [0.05, 0.1) is 38.0 Å². The van der Waals surface area contributed by atoms with Gasteiger partial charge < -0.3 is 122 Å². The van der Waals surface area contributed by atoms with E-state index in [1.54, 1.807) is 27.7 Å². The van der Waals surface area contributed by atoms with Crippen molar-refractivity contribution in [1.29, 1.82) is 0 Å². The number of hydrogen-bond donors (Lipinski definition) is 23. The molecule has 113 heavy (non-hydrogen) atoms. The van der Waals surface area contributed by atoms with Gasteiger partial charge in [0, 0.05) is 35.9 Å². The molecule has 0 aromatic heterocycles. The Hall–Kier alpha value is -9.81. The number of carbonyl (C=O) groups is 21. The maximum atomic E-state index is 14.9. The lowest BCUT2D eigenvalue weighted by atomic mass is 10.00. The zero-order valence-electron chi connectivity index (χ0n) is 63.6. The summed E-state index contributed by atoms with van der Waals surface area (Å²) in [7, 11) is 2.59. The number of primary amides is 2. The Morgan fingerprint density at radius 1 is 0.469 bits per heavy atom. The number of nitrogens with one attached hydrogen (secondary N) is 15. The molecule has 3 saturated heterocycles. The molecular weight excluding hydrogens is 1580 g/mol. The van der Waals surface area contributed by atoms with Gasteiger partial charge in [-0.1, -0.05) is 98.6 Å². The van der Waals surface area contributed by atoms with Crippen LogP contribution in [-0.4, -0.2) is 276 Å². The predicted molar refractivity (Wildman–Crippen MR) is 405 cm³/mol. The van der Waals surface area contributed by atoms with Crippen LogP contribution in [0.4, 0.5) is 0 Å². The van der Waals surface area contributed by atoms with Crippen molar-refractivity contribution >= 4 is 167 Å². The minimum Gasteiger partial charge on any atom is -0.481 e. The van der Waals surface area contributed by atoms with Crippen molar-refractivity contribution in [3.63, 3.8) is 0 Å². The number of rotatable bonds is 28. The average Bonchev–Trinajstić information content (AvgIpc) is 0.951. The molecular formula is C65H104N18O26S4. The van der Waals surface area contributed by atoms with E-state index in [4.69, 9.17) is 17.2 Å². The minimum atomic E-state index is -2.11. The van der Waals surface area contributed by atoms with Crippen molar-refractivity contribution in [2.24, 2.45) is 40.9 Å². The van der Waals surface area contributed by atoms with Crippen LogP contribution in [0.2, 0.25) is 0 Å². The molecule has 0 aromatic carbocycles. The number of hydrogen-bond acceptors (Lipinski definition) is 27. The Morgan fingerprint density at radius 2 is 0.965 bits per heavy atom. The molecule has 44 nitrogen and oxygen atoms in total. The van der Waals surface area contributed by atoms with Gasteiger partial charge in [-0.05, 0) is 63.2 Å². The second kappa shape index (κ2) is 49.0. The molecule has 16 atom stereocenters. The Kier molecular flexibility index (Phi) is 43.0. The summed E-state index contributed by atoms with van der Waals surface area (Å²) >= 11 is 0. The van der Waals surface area contributed by atoms with E-state index in [0.717, 1.165) is 35.4 Å². The molecule has 634 valence electrons. The second-order valence-corrected chi connectivity index (χ2v) is 33.1. The highest BCUT2D eigenvalue weighted by Gasteiger charge is 2.41. The number of carbonyl (C=O) groups excluding carboxylic acids is 17. The van der Waals surface area contributed by atoms with E-state index in [1.807, 2.05) is 5.32 Å². The summed E-state index contributed by atoms with van der Waals surface area (Å²) in [5, 5.41) is 85.4. The van der Waals surface area contributed by atoms with E-state index < -0.39 is 313 Å². The summed E-state index contributed by atoms with van der Waals surface area (Å²) in [6.07, 6.45) is -8.77. The highest BCUT2D eigenvalue weighted by Crippen LogP contribution is 2.26. The van der Waals surface area contributed by atoms with Crippen molar-refractivity contribution in [3.05, 3.63) is 0 Å². The third-order valence-electron chi connectivity index (χ3n) is 16.4. The van der Waals surface area contributed by atoms with Gasteiger partial charge in [-0.3, -0.25) is 95.9 Å². The van der Waals surface area contributed by atoms with Crippen LogP contribution in [0.15, 0.2) is 0 Å². The summed E-state index contributed by atoms with van der Waals surface area (Å²) in [4.78, 5) is 288. The fourth-order valence-corrected chi connectivity index (χ4v) is 15.0. The molecule has 0 spiro atoms. The SMILES string of the molecule is CC(C)C[C@@H]1NC(=O)[C@H](CCC(=O)O)NC(=O)[C@@H](NC(=O)[C@H](CCC(=O)O)NC(=O)[C@H](CC(=O)O)NC(=O)[C@H](N)CC(N)=O)CSSC[C@@H]2NC(=O)[C@H](C)NC(=O)[C@H](C(C)C)NC(=O)[C@H](CC(N)=O)NC(=O)[C@H](C(C)C)NC(=O)[C@H](CSSC[C@@H](C(=O)N[C@H](CC(C)C)C(=O)O)NC(=O)CNC(=O)[C@H]([C@@H](C)O)NC2=O)NC1=O. The van der Waals surface area contributed by atoms with Crippen LogP contribution in [0.5, 0.6) is 0 Å². The lowest BCUT2D eigenvalue weighted by Crippen LogP contribution is -2.62. The topological polar surface area (TPSA) is 718 Å². The van der Waals surface area contributed by atoms with Gasteiger partial charge in [-0.25, -0.2) is 4.79 Å². The number of aliphatic carboxylic acids is 4. The standard InChI is InChI=1S/C65H104N18O26S4/c1-25(2)15-34-55(98)80-41-24-113-110-21-38(58(101)77-37(65(108)109)16-26(3)4)71-44(87)20-69-62(105)50(30(10)84)83-61(104)40(78-51(94)29(9)70-63(106)48(27(5)6)81-57(100)35(18-43(68)86)76-64(107)49(28(7)8)82-60(41)103)23-112-111-22-39(59(102)73-32(53(96)75-34)11-13-45(88)89)79-54(97)33(12-14-46(90)91)72-56(99)36(19-47(92)93)74-52(95)31(66)17-42(67)85/h25-41,48-50,84H,11-24,66H2,1-10H3,(H2,67,85)(H2,68,86)(H,69,105)(H,70,106)(H,71,87)(H,72,99)(H,73,102)(H,74,95)(H,75,96)(H,76,107)(H,77,101)(H,78,94)(H,79,97)(H,80,98)(H,81,100)(H,82,103)(H,83,104)(H,88,89)(H,90,91)(H,92,93)(H,108,109)/t29-,30+,31+,32-,33-,34-,35-,36-,37+,38-,39-,40-,41-,48-,49-,50-/m0/s1. The highest BCUT2D eigenvalue weighted by atomic mass is 33.1. The number of aliphatic hydroxyl groups is 1. The molecule has 3 rings (SSSR count). The van der Waals surface area contributed by atoms with E-state index in [-0.39, 0.29) is 18.8 Å². The highest BCUT2D eigenvalue weighted by molar-refractivity contribution is 8.77. The Labute approximate surface area is 664 Å². The Balaban J connectivity index is 3.28. The summed E-state index contributed by atoms with van der Waals surface area (Å²) in [5.41, 5.74) is 16.4. The number of amides is 17.